The molecule has 2 unspecified atom stereocenters. The summed E-state index contributed by atoms with van der Waals surface area (Å²) in [6.07, 6.45) is 2.17. The summed E-state index contributed by atoms with van der Waals surface area (Å²) in [7, 11) is -3.55. The third-order valence-corrected chi connectivity index (χ3v) is 5.57. The highest BCUT2D eigenvalue weighted by atomic mass is 32.2. The van der Waals surface area contributed by atoms with Crippen LogP contribution in [0.5, 0.6) is 0 Å². The Morgan fingerprint density at radius 2 is 2.15 bits per heavy atom. The minimum absolute atomic E-state index is 0.156. The van der Waals surface area contributed by atoms with Gasteiger partial charge in [0.1, 0.15) is 4.90 Å². The van der Waals surface area contributed by atoms with Crippen LogP contribution in [-0.4, -0.2) is 38.3 Å². The van der Waals surface area contributed by atoms with Crippen molar-refractivity contribution in [3.05, 3.63) is 29.8 Å². The fraction of sp³-hybridized carbons (Fsp3) is 0.500. The number of rotatable bonds is 1. The van der Waals surface area contributed by atoms with Gasteiger partial charge in [-0.3, -0.25) is 0 Å². The molecule has 1 fully saturated rings. The minimum Gasteiger partial charge on any atom is -0.351 e. The first-order valence-electron chi connectivity index (χ1n) is 6.95. The molecule has 5 nitrogen and oxygen atoms in total. The van der Waals surface area contributed by atoms with Gasteiger partial charge >= 0.3 is 0 Å². The van der Waals surface area contributed by atoms with Gasteiger partial charge in [-0.1, -0.05) is 19.1 Å². The highest BCUT2D eigenvalue weighted by Crippen LogP contribution is 2.31. The zero-order valence-corrected chi connectivity index (χ0v) is 12.3. The maximum atomic E-state index is 12.1. The van der Waals surface area contributed by atoms with Crippen LogP contribution in [0.15, 0.2) is 33.6 Å². The van der Waals surface area contributed by atoms with Gasteiger partial charge in [0.15, 0.2) is 5.84 Å². The number of hydrogen-bond acceptors (Lipinski definition) is 4. The Bertz CT molecular complexity index is 654. The molecule has 1 saturated heterocycles. The lowest BCUT2D eigenvalue weighted by molar-refractivity contribution is 0.182. The van der Waals surface area contributed by atoms with E-state index in [1.807, 2.05) is 12.1 Å². The monoisotopic (exact) mass is 293 g/mol. The van der Waals surface area contributed by atoms with Crippen molar-refractivity contribution >= 4 is 15.9 Å². The third kappa shape index (κ3) is 2.03. The molecule has 108 valence electrons. The highest BCUT2D eigenvalue weighted by Gasteiger charge is 2.36. The zero-order chi connectivity index (χ0) is 14.3. The van der Waals surface area contributed by atoms with Gasteiger partial charge < -0.3 is 10.6 Å². The number of nitrogens with zero attached hydrogens (tertiary/aromatic N) is 2. The first-order chi connectivity index (χ1) is 9.54. The summed E-state index contributed by atoms with van der Waals surface area (Å²) in [6.45, 7) is 3.50. The standard InChI is InChI=1S/C14H19N3O2S/c1-10-5-4-8-17(12(10)9-15)14-11-6-2-3-7-13(11)20(18,19)16-14/h2-3,6-7,10,12H,4-5,8-9,15H2,1H3. The fourth-order valence-corrected chi connectivity index (χ4v) is 4.38. The van der Waals surface area contributed by atoms with Crippen molar-refractivity contribution in [1.82, 2.24) is 4.90 Å². The number of benzene rings is 1. The van der Waals surface area contributed by atoms with Gasteiger partial charge in [-0.25, -0.2) is 0 Å². The van der Waals surface area contributed by atoms with E-state index in [9.17, 15) is 8.42 Å². The van der Waals surface area contributed by atoms with Crippen LogP contribution in [0.4, 0.5) is 0 Å². The molecule has 2 aliphatic rings. The lowest BCUT2D eigenvalue weighted by Crippen LogP contribution is -2.51. The van der Waals surface area contributed by atoms with Crippen LogP contribution in [0.25, 0.3) is 0 Å². The van der Waals surface area contributed by atoms with Crippen molar-refractivity contribution in [1.29, 1.82) is 0 Å². The van der Waals surface area contributed by atoms with Crippen molar-refractivity contribution in [2.45, 2.75) is 30.7 Å². The van der Waals surface area contributed by atoms with E-state index in [1.54, 1.807) is 12.1 Å². The highest BCUT2D eigenvalue weighted by molar-refractivity contribution is 7.90. The van der Waals surface area contributed by atoms with Crippen LogP contribution in [0.1, 0.15) is 25.3 Å². The predicted molar refractivity (Wildman–Crippen MR) is 78.1 cm³/mol. The molecule has 0 radical (unpaired) electrons. The summed E-state index contributed by atoms with van der Waals surface area (Å²) in [5.74, 6) is 1.02. The van der Waals surface area contributed by atoms with Gasteiger partial charge in [0.2, 0.25) is 0 Å². The summed E-state index contributed by atoms with van der Waals surface area (Å²) in [4.78, 5) is 2.39. The van der Waals surface area contributed by atoms with E-state index in [-0.39, 0.29) is 6.04 Å². The van der Waals surface area contributed by atoms with E-state index < -0.39 is 10.0 Å². The van der Waals surface area contributed by atoms with Gasteiger partial charge in [-0.05, 0) is 30.9 Å². The average molecular weight is 293 g/mol. The molecule has 0 spiro atoms. The van der Waals surface area contributed by atoms with Crippen LogP contribution in [0.2, 0.25) is 0 Å². The summed E-state index contributed by atoms with van der Waals surface area (Å²) in [5.41, 5.74) is 6.60. The van der Waals surface area contributed by atoms with Crippen molar-refractivity contribution in [2.75, 3.05) is 13.1 Å². The molecule has 2 aliphatic heterocycles. The Kier molecular flexibility index (Phi) is 3.30. The normalized spacial score (nSPS) is 28.1. The van der Waals surface area contributed by atoms with E-state index in [2.05, 4.69) is 16.2 Å². The van der Waals surface area contributed by atoms with E-state index >= 15 is 0 Å². The SMILES string of the molecule is CC1CCCN(C2=NS(=O)(=O)c3ccccc32)C1CN. The molecule has 2 heterocycles. The second-order valence-corrected chi connectivity index (χ2v) is 7.07. The third-order valence-electron chi connectivity index (χ3n) is 4.24. The lowest BCUT2D eigenvalue weighted by atomic mass is 9.90. The largest absolute Gasteiger partial charge is 0.351 e. The molecular weight excluding hydrogens is 274 g/mol. The van der Waals surface area contributed by atoms with Gasteiger partial charge in [-0.2, -0.15) is 8.42 Å². The second-order valence-electron chi connectivity index (χ2n) is 5.50. The van der Waals surface area contributed by atoms with Crippen LogP contribution < -0.4 is 5.73 Å². The Labute approximate surface area is 119 Å². The summed E-state index contributed by atoms with van der Waals surface area (Å²) in [5, 5.41) is 0. The number of fused-ring (bicyclic) bond motifs is 1. The van der Waals surface area contributed by atoms with Crippen molar-refractivity contribution < 1.29 is 8.42 Å². The smallest absolute Gasteiger partial charge is 0.285 e. The van der Waals surface area contributed by atoms with Gasteiger partial charge in [0.25, 0.3) is 10.0 Å². The van der Waals surface area contributed by atoms with Gasteiger partial charge in [-0.15, -0.1) is 4.40 Å². The van der Waals surface area contributed by atoms with Crippen LogP contribution >= 0.6 is 0 Å². The fourth-order valence-electron chi connectivity index (χ4n) is 3.17. The first kappa shape index (κ1) is 13.6. The van der Waals surface area contributed by atoms with Crippen LogP contribution in [0.3, 0.4) is 0 Å². The maximum absolute atomic E-state index is 12.1. The molecule has 6 heteroatoms. The molecule has 0 saturated carbocycles. The summed E-state index contributed by atoms with van der Waals surface area (Å²) >= 11 is 0. The molecule has 2 N–H and O–H groups in total. The molecule has 0 amide bonds. The van der Waals surface area contributed by atoms with Gasteiger partial charge in [0, 0.05) is 24.7 Å². The molecule has 3 rings (SSSR count). The topological polar surface area (TPSA) is 75.8 Å². The van der Waals surface area contributed by atoms with Crippen LogP contribution in [0, 0.1) is 5.92 Å². The van der Waals surface area contributed by atoms with E-state index in [4.69, 9.17) is 5.73 Å². The zero-order valence-electron chi connectivity index (χ0n) is 11.5. The number of sulfonamides is 1. The predicted octanol–water partition coefficient (Wildman–Crippen LogP) is 1.19. The minimum atomic E-state index is -3.55. The van der Waals surface area contributed by atoms with Crippen molar-refractivity contribution in [2.24, 2.45) is 16.0 Å². The molecule has 1 aromatic rings. The molecule has 0 aromatic heterocycles. The van der Waals surface area contributed by atoms with E-state index in [0.29, 0.717) is 28.8 Å². The molecule has 2 atom stereocenters. The number of nitrogens with two attached hydrogens (primary N) is 1. The average Bonchev–Trinajstić information content (AvgIpc) is 2.71. The number of hydrogen-bond donors (Lipinski definition) is 1. The molecule has 1 aromatic carbocycles. The number of likely N-dealkylation sites (tertiary alicyclic amines) is 1. The first-order valence-corrected chi connectivity index (χ1v) is 8.39. The lowest BCUT2D eigenvalue weighted by Gasteiger charge is -2.40. The number of piperidine rings is 1. The van der Waals surface area contributed by atoms with E-state index in [1.165, 1.54) is 0 Å². The molecule has 0 bridgehead atoms. The Hall–Kier alpha value is -1.40. The Balaban J connectivity index is 2.07. The molecular formula is C14H19N3O2S. The number of amidine groups is 1. The van der Waals surface area contributed by atoms with Gasteiger partial charge in [0.05, 0.1) is 0 Å². The second kappa shape index (κ2) is 4.86. The maximum Gasteiger partial charge on any atom is 0.285 e. The molecule has 0 aliphatic carbocycles. The summed E-state index contributed by atoms with van der Waals surface area (Å²) in [6, 6.07) is 7.18. The van der Waals surface area contributed by atoms with E-state index in [0.717, 1.165) is 19.4 Å². The molecule has 20 heavy (non-hydrogen) atoms. The quantitative estimate of drug-likeness (QED) is 0.844. The van der Waals surface area contributed by atoms with Crippen LogP contribution in [-0.2, 0) is 10.0 Å². The summed E-state index contributed by atoms with van der Waals surface area (Å²) < 4.78 is 28.3. The van der Waals surface area contributed by atoms with Crippen molar-refractivity contribution in [3.8, 4) is 0 Å². The Morgan fingerprint density at radius 1 is 1.40 bits per heavy atom. The van der Waals surface area contributed by atoms with Crippen molar-refractivity contribution in [3.63, 3.8) is 0 Å². The Morgan fingerprint density at radius 3 is 2.90 bits per heavy atom.